The Morgan fingerprint density at radius 2 is 1.93 bits per heavy atom. The predicted molar refractivity (Wildman–Crippen MR) is 110 cm³/mol. The molecule has 0 bridgehead atoms. The van der Waals surface area contributed by atoms with Crippen molar-refractivity contribution >= 4 is 11.8 Å². The maximum atomic E-state index is 12.6. The number of benzene rings is 1. The number of methoxy groups -OCH3 is 2. The zero-order valence-corrected chi connectivity index (χ0v) is 17.3. The standard InChI is InChI=1S/C22H27N3O5/c1-28-17-6-5-16(14-19(17)29-2)7-10-25-20(26)15-23-22(25)8-11-24(12-9-22)21(27)18-4-3-13-30-18/h3-6,13-14,23H,7-12,15H2,1-2H3. The van der Waals surface area contributed by atoms with Crippen LogP contribution >= 0.6 is 0 Å². The average molecular weight is 413 g/mol. The second kappa shape index (κ2) is 8.39. The fourth-order valence-corrected chi connectivity index (χ4v) is 4.37. The van der Waals surface area contributed by atoms with Gasteiger partial charge < -0.3 is 23.7 Å². The molecule has 3 heterocycles. The van der Waals surface area contributed by atoms with Crippen molar-refractivity contribution in [2.75, 3.05) is 40.4 Å². The third-order valence-corrected chi connectivity index (χ3v) is 6.07. The lowest BCUT2D eigenvalue weighted by Crippen LogP contribution is -2.59. The molecule has 4 rings (SSSR count). The summed E-state index contributed by atoms with van der Waals surface area (Å²) < 4.78 is 15.9. The minimum absolute atomic E-state index is 0.0984. The van der Waals surface area contributed by atoms with E-state index in [0.717, 1.165) is 5.56 Å². The summed E-state index contributed by atoms with van der Waals surface area (Å²) in [6, 6.07) is 9.22. The van der Waals surface area contributed by atoms with Crippen LogP contribution in [0, 0.1) is 0 Å². The number of furan rings is 1. The van der Waals surface area contributed by atoms with Gasteiger partial charge >= 0.3 is 0 Å². The highest BCUT2D eigenvalue weighted by Crippen LogP contribution is 2.32. The molecule has 2 aromatic rings. The molecule has 8 nitrogen and oxygen atoms in total. The Balaban J connectivity index is 1.41. The molecule has 2 fully saturated rings. The van der Waals surface area contributed by atoms with Crippen molar-refractivity contribution in [3.05, 3.63) is 47.9 Å². The minimum atomic E-state index is -0.395. The molecule has 30 heavy (non-hydrogen) atoms. The third kappa shape index (κ3) is 3.75. The van der Waals surface area contributed by atoms with Gasteiger partial charge in [0.25, 0.3) is 5.91 Å². The molecule has 0 saturated carbocycles. The molecule has 0 unspecified atom stereocenters. The second-order valence-corrected chi connectivity index (χ2v) is 7.64. The lowest BCUT2D eigenvalue weighted by molar-refractivity contribution is -0.131. The Kier molecular flexibility index (Phi) is 5.67. The van der Waals surface area contributed by atoms with Gasteiger partial charge in [0.2, 0.25) is 5.91 Å². The summed E-state index contributed by atoms with van der Waals surface area (Å²) >= 11 is 0. The van der Waals surface area contributed by atoms with Gasteiger partial charge in [-0.25, -0.2) is 0 Å². The zero-order chi connectivity index (χ0) is 21.1. The number of carbonyl (C=O) groups is 2. The maximum Gasteiger partial charge on any atom is 0.289 e. The summed E-state index contributed by atoms with van der Waals surface area (Å²) in [6.07, 6.45) is 3.60. The van der Waals surface area contributed by atoms with Crippen molar-refractivity contribution in [1.29, 1.82) is 0 Å². The van der Waals surface area contributed by atoms with Crippen molar-refractivity contribution in [1.82, 2.24) is 15.1 Å². The summed E-state index contributed by atoms with van der Waals surface area (Å²) in [5.74, 6) is 1.72. The van der Waals surface area contributed by atoms with Gasteiger partial charge in [0, 0.05) is 32.5 Å². The van der Waals surface area contributed by atoms with Gasteiger partial charge in [-0.05, 0) is 36.2 Å². The lowest BCUT2D eigenvalue weighted by Gasteiger charge is -2.44. The van der Waals surface area contributed by atoms with Crippen LogP contribution in [0.25, 0.3) is 0 Å². The van der Waals surface area contributed by atoms with Crippen LogP contribution in [0.1, 0.15) is 29.0 Å². The first-order chi connectivity index (χ1) is 14.6. The summed E-state index contributed by atoms with van der Waals surface area (Å²) in [7, 11) is 3.22. The van der Waals surface area contributed by atoms with Crippen LogP contribution in [-0.4, -0.2) is 67.7 Å². The molecule has 2 amide bonds. The predicted octanol–water partition coefficient (Wildman–Crippen LogP) is 1.90. The van der Waals surface area contributed by atoms with Gasteiger partial charge in [-0.3, -0.25) is 14.9 Å². The molecule has 0 atom stereocenters. The molecular weight excluding hydrogens is 386 g/mol. The summed E-state index contributed by atoms with van der Waals surface area (Å²) in [6.45, 7) is 2.09. The van der Waals surface area contributed by atoms with E-state index in [1.807, 2.05) is 23.1 Å². The van der Waals surface area contributed by atoms with Crippen LogP contribution in [0.3, 0.4) is 0 Å². The van der Waals surface area contributed by atoms with Crippen molar-refractivity contribution in [2.45, 2.75) is 24.9 Å². The van der Waals surface area contributed by atoms with Crippen molar-refractivity contribution in [3.8, 4) is 11.5 Å². The van der Waals surface area contributed by atoms with E-state index in [2.05, 4.69) is 5.32 Å². The number of hydrogen-bond acceptors (Lipinski definition) is 6. The van der Waals surface area contributed by atoms with Crippen LogP contribution in [0.4, 0.5) is 0 Å². The van der Waals surface area contributed by atoms with E-state index in [4.69, 9.17) is 13.9 Å². The van der Waals surface area contributed by atoms with Crippen LogP contribution in [0.2, 0.25) is 0 Å². The van der Waals surface area contributed by atoms with E-state index in [1.54, 1.807) is 31.3 Å². The Morgan fingerprint density at radius 3 is 2.60 bits per heavy atom. The summed E-state index contributed by atoms with van der Waals surface area (Å²) in [5.41, 5.74) is 0.682. The molecule has 8 heteroatoms. The highest BCUT2D eigenvalue weighted by molar-refractivity contribution is 5.91. The molecule has 2 aliphatic rings. The quantitative estimate of drug-likeness (QED) is 0.779. The molecule has 2 saturated heterocycles. The van der Waals surface area contributed by atoms with E-state index in [9.17, 15) is 9.59 Å². The number of rotatable bonds is 6. The SMILES string of the molecule is COc1ccc(CCN2C(=O)CNC23CCN(C(=O)c2ccco2)CC3)cc1OC. The fraction of sp³-hybridized carbons (Fsp3) is 0.455. The van der Waals surface area contributed by atoms with Crippen molar-refractivity contribution in [3.63, 3.8) is 0 Å². The van der Waals surface area contributed by atoms with E-state index in [0.29, 0.717) is 62.7 Å². The number of amides is 2. The van der Waals surface area contributed by atoms with Gasteiger partial charge in [0.05, 0.1) is 32.7 Å². The highest BCUT2D eigenvalue weighted by Gasteiger charge is 2.47. The van der Waals surface area contributed by atoms with Gasteiger partial charge in [-0.1, -0.05) is 6.07 Å². The average Bonchev–Trinajstić information content (AvgIpc) is 3.41. The molecular formula is C22H27N3O5. The van der Waals surface area contributed by atoms with E-state index < -0.39 is 5.66 Å². The topological polar surface area (TPSA) is 84.3 Å². The second-order valence-electron chi connectivity index (χ2n) is 7.64. The summed E-state index contributed by atoms with van der Waals surface area (Å²) in [5, 5.41) is 3.41. The molecule has 2 aliphatic heterocycles. The van der Waals surface area contributed by atoms with Crippen LogP contribution in [-0.2, 0) is 11.2 Å². The Morgan fingerprint density at radius 1 is 1.17 bits per heavy atom. The number of piperidine rings is 1. The van der Waals surface area contributed by atoms with E-state index >= 15 is 0 Å². The molecule has 0 aliphatic carbocycles. The number of nitrogens with one attached hydrogen (secondary N) is 1. The van der Waals surface area contributed by atoms with E-state index in [1.165, 1.54) is 6.26 Å². The first-order valence-electron chi connectivity index (χ1n) is 10.2. The number of likely N-dealkylation sites (tertiary alicyclic amines) is 1. The monoisotopic (exact) mass is 413 g/mol. The molecule has 160 valence electrons. The molecule has 1 aromatic heterocycles. The largest absolute Gasteiger partial charge is 0.493 e. The Labute approximate surface area is 175 Å². The van der Waals surface area contributed by atoms with Gasteiger partial charge in [0.1, 0.15) is 0 Å². The fourth-order valence-electron chi connectivity index (χ4n) is 4.37. The molecule has 1 aromatic carbocycles. The first kappa shape index (κ1) is 20.3. The molecule has 0 radical (unpaired) electrons. The zero-order valence-electron chi connectivity index (χ0n) is 17.3. The van der Waals surface area contributed by atoms with Crippen molar-refractivity contribution < 1.29 is 23.5 Å². The number of nitrogens with zero attached hydrogens (tertiary/aromatic N) is 2. The first-order valence-corrected chi connectivity index (χ1v) is 10.2. The van der Waals surface area contributed by atoms with Crippen LogP contribution in [0.5, 0.6) is 11.5 Å². The number of ether oxygens (including phenoxy) is 2. The highest BCUT2D eigenvalue weighted by atomic mass is 16.5. The molecule has 1 N–H and O–H groups in total. The number of carbonyl (C=O) groups excluding carboxylic acids is 2. The Hall–Kier alpha value is -3.00. The maximum absolute atomic E-state index is 12.6. The molecule has 1 spiro atoms. The third-order valence-electron chi connectivity index (χ3n) is 6.07. The normalized spacial score (nSPS) is 18.1. The minimum Gasteiger partial charge on any atom is -0.493 e. The summed E-state index contributed by atoms with van der Waals surface area (Å²) in [4.78, 5) is 28.9. The van der Waals surface area contributed by atoms with E-state index in [-0.39, 0.29) is 11.8 Å². The van der Waals surface area contributed by atoms with Gasteiger partial charge in [0.15, 0.2) is 17.3 Å². The van der Waals surface area contributed by atoms with Crippen LogP contribution < -0.4 is 14.8 Å². The number of hydrogen-bond donors (Lipinski definition) is 1. The van der Waals surface area contributed by atoms with Gasteiger partial charge in [-0.15, -0.1) is 0 Å². The van der Waals surface area contributed by atoms with Crippen molar-refractivity contribution in [2.24, 2.45) is 0 Å². The Bertz CT molecular complexity index is 904. The lowest BCUT2D eigenvalue weighted by atomic mass is 9.95. The van der Waals surface area contributed by atoms with Gasteiger partial charge in [-0.2, -0.15) is 0 Å². The smallest absolute Gasteiger partial charge is 0.289 e. The van der Waals surface area contributed by atoms with Crippen LogP contribution in [0.15, 0.2) is 41.0 Å².